The van der Waals surface area contributed by atoms with Crippen LogP contribution in [0.3, 0.4) is 0 Å². The SMILES string of the molecule is Cc1c(Cl)cccc1NC(=O)NCCCN1C(=O)c2ccccc2C1=O. The molecule has 0 aromatic heterocycles. The molecule has 1 heterocycles. The zero-order chi connectivity index (χ0) is 18.7. The molecule has 0 saturated carbocycles. The predicted octanol–water partition coefficient (Wildman–Crippen LogP) is 3.46. The fourth-order valence-electron chi connectivity index (χ4n) is 2.79. The highest BCUT2D eigenvalue weighted by atomic mass is 35.5. The van der Waals surface area contributed by atoms with Crippen LogP contribution in [0.4, 0.5) is 10.5 Å². The van der Waals surface area contributed by atoms with E-state index in [2.05, 4.69) is 10.6 Å². The maximum Gasteiger partial charge on any atom is 0.319 e. The van der Waals surface area contributed by atoms with Crippen molar-refractivity contribution in [2.24, 2.45) is 0 Å². The van der Waals surface area contributed by atoms with Gasteiger partial charge in [0.15, 0.2) is 0 Å². The van der Waals surface area contributed by atoms with Crippen LogP contribution in [0.25, 0.3) is 0 Å². The number of fused-ring (bicyclic) bond motifs is 1. The van der Waals surface area contributed by atoms with Gasteiger partial charge in [-0.1, -0.05) is 29.8 Å². The zero-order valence-corrected chi connectivity index (χ0v) is 15.0. The monoisotopic (exact) mass is 371 g/mol. The maximum absolute atomic E-state index is 12.2. The normalized spacial score (nSPS) is 12.9. The number of carbonyl (C=O) groups excluding carboxylic acids is 3. The van der Waals surface area contributed by atoms with Gasteiger partial charge in [-0.05, 0) is 43.2 Å². The molecule has 0 saturated heterocycles. The van der Waals surface area contributed by atoms with Crippen LogP contribution >= 0.6 is 11.6 Å². The van der Waals surface area contributed by atoms with Gasteiger partial charge in [-0.25, -0.2) is 4.79 Å². The van der Waals surface area contributed by atoms with Crippen molar-refractivity contribution in [2.75, 3.05) is 18.4 Å². The van der Waals surface area contributed by atoms with E-state index in [0.717, 1.165) is 5.56 Å². The summed E-state index contributed by atoms with van der Waals surface area (Å²) in [4.78, 5) is 37.7. The minimum atomic E-state index is -0.363. The minimum absolute atomic E-state index is 0.253. The summed E-state index contributed by atoms with van der Waals surface area (Å²) >= 11 is 6.02. The Morgan fingerprint density at radius 2 is 1.69 bits per heavy atom. The molecule has 0 fully saturated rings. The molecule has 2 aromatic carbocycles. The molecule has 7 heteroatoms. The average molecular weight is 372 g/mol. The van der Waals surface area contributed by atoms with Crippen LogP contribution in [0.5, 0.6) is 0 Å². The van der Waals surface area contributed by atoms with Gasteiger partial charge in [0.1, 0.15) is 0 Å². The minimum Gasteiger partial charge on any atom is -0.338 e. The van der Waals surface area contributed by atoms with Crippen LogP contribution in [-0.4, -0.2) is 35.8 Å². The van der Waals surface area contributed by atoms with Gasteiger partial charge in [0.25, 0.3) is 11.8 Å². The Bertz CT molecular complexity index is 847. The summed E-state index contributed by atoms with van der Waals surface area (Å²) in [6, 6.07) is 11.7. The molecule has 1 aliphatic rings. The highest BCUT2D eigenvalue weighted by molar-refractivity contribution is 6.31. The Labute approximate surface area is 156 Å². The van der Waals surface area contributed by atoms with E-state index in [0.29, 0.717) is 34.8 Å². The molecule has 0 aliphatic carbocycles. The van der Waals surface area contributed by atoms with Gasteiger partial charge in [-0.3, -0.25) is 14.5 Å². The van der Waals surface area contributed by atoms with E-state index in [9.17, 15) is 14.4 Å². The standard InChI is InChI=1S/C19H18ClN3O3/c1-12-15(20)8-4-9-16(12)22-19(26)21-10-5-11-23-17(24)13-6-2-3-7-14(13)18(23)25/h2-4,6-9H,5,10-11H2,1H3,(H2,21,22,26). The molecule has 0 spiro atoms. The van der Waals surface area contributed by atoms with Crippen molar-refractivity contribution in [3.63, 3.8) is 0 Å². The third kappa shape index (κ3) is 3.55. The number of carbonyl (C=O) groups is 3. The molecule has 0 radical (unpaired) electrons. The van der Waals surface area contributed by atoms with Crippen molar-refractivity contribution in [1.29, 1.82) is 0 Å². The van der Waals surface area contributed by atoms with Crippen LogP contribution < -0.4 is 10.6 Å². The number of amides is 4. The van der Waals surface area contributed by atoms with Crippen LogP contribution in [-0.2, 0) is 0 Å². The zero-order valence-electron chi connectivity index (χ0n) is 14.2. The van der Waals surface area contributed by atoms with Crippen molar-refractivity contribution in [1.82, 2.24) is 10.2 Å². The largest absolute Gasteiger partial charge is 0.338 e. The van der Waals surface area contributed by atoms with Gasteiger partial charge >= 0.3 is 6.03 Å². The summed E-state index contributed by atoms with van der Waals surface area (Å²) in [6.45, 7) is 2.40. The molecule has 3 rings (SSSR count). The molecule has 2 N–H and O–H groups in total. The summed E-state index contributed by atoms with van der Waals surface area (Å²) < 4.78 is 0. The number of imide groups is 1. The number of rotatable bonds is 5. The summed E-state index contributed by atoms with van der Waals surface area (Å²) in [7, 11) is 0. The van der Waals surface area contributed by atoms with Gasteiger partial charge < -0.3 is 10.6 Å². The van der Waals surface area contributed by atoms with E-state index in [1.165, 1.54) is 4.90 Å². The molecule has 2 aromatic rings. The van der Waals surface area contributed by atoms with Crippen molar-refractivity contribution < 1.29 is 14.4 Å². The molecule has 0 unspecified atom stereocenters. The van der Waals surface area contributed by atoms with E-state index in [-0.39, 0.29) is 24.4 Å². The Hall–Kier alpha value is -2.86. The second-order valence-corrected chi connectivity index (χ2v) is 6.36. The molecule has 0 bridgehead atoms. The van der Waals surface area contributed by atoms with Crippen LogP contribution in [0.2, 0.25) is 5.02 Å². The fourth-order valence-corrected chi connectivity index (χ4v) is 2.97. The second-order valence-electron chi connectivity index (χ2n) is 5.95. The Balaban J connectivity index is 1.48. The first-order valence-corrected chi connectivity index (χ1v) is 8.62. The van der Waals surface area contributed by atoms with Crippen molar-refractivity contribution in [3.8, 4) is 0 Å². The van der Waals surface area contributed by atoms with Gasteiger partial charge in [0.05, 0.1) is 11.1 Å². The number of benzene rings is 2. The number of urea groups is 1. The lowest BCUT2D eigenvalue weighted by molar-refractivity contribution is 0.0653. The number of nitrogens with one attached hydrogen (secondary N) is 2. The molecule has 1 aliphatic heterocycles. The summed E-state index contributed by atoms with van der Waals surface area (Å²) in [5.74, 6) is -0.575. The van der Waals surface area contributed by atoms with Gasteiger partial charge in [0.2, 0.25) is 0 Å². The topological polar surface area (TPSA) is 78.5 Å². The molecular formula is C19H18ClN3O3. The van der Waals surface area contributed by atoms with E-state index in [1.807, 2.05) is 6.92 Å². The van der Waals surface area contributed by atoms with Crippen molar-refractivity contribution in [3.05, 3.63) is 64.2 Å². The third-order valence-electron chi connectivity index (χ3n) is 4.24. The molecule has 6 nitrogen and oxygen atoms in total. The van der Waals surface area contributed by atoms with Gasteiger partial charge in [-0.15, -0.1) is 0 Å². The number of nitrogens with zero attached hydrogens (tertiary/aromatic N) is 1. The van der Waals surface area contributed by atoms with Crippen LogP contribution in [0.15, 0.2) is 42.5 Å². The molecular weight excluding hydrogens is 354 g/mol. The molecule has 4 amide bonds. The van der Waals surface area contributed by atoms with Crippen LogP contribution in [0.1, 0.15) is 32.7 Å². The van der Waals surface area contributed by atoms with E-state index < -0.39 is 0 Å². The average Bonchev–Trinajstić information content (AvgIpc) is 2.87. The first-order valence-electron chi connectivity index (χ1n) is 8.24. The lowest BCUT2D eigenvalue weighted by Crippen LogP contribution is -2.35. The highest BCUT2D eigenvalue weighted by Crippen LogP contribution is 2.23. The quantitative estimate of drug-likeness (QED) is 0.624. The summed E-state index contributed by atoms with van der Waals surface area (Å²) in [6.07, 6.45) is 0.466. The van der Waals surface area contributed by atoms with Crippen molar-refractivity contribution >= 4 is 35.1 Å². The predicted molar refractivity (Wildman–Crippen MR) is 99.6 cm³/mol. The first kappa shape index (κ1) is 17.9. The maximum atomic E-state index is 12.2. The number of hydrogen-bond donors (Lipinski definition) is 2. The van der Waals surface area contributed by atoms with E-state index in [1.54, 1.807) is 42.5 Å². The number of halogens is 1. The highest BCUT2D eigenvalue weighted by Gasteiger charge is 2.34. The van der Waals surface area contributed by atoms with Crippen molar-refractivity contribution in [2.45, 2.75) is 13.3 Å². The van der Waals surface area contributed by atoms with Gasteiger partial charge in [0, 0.05) is 23.8 Å². The molecule has 26 heavy (non-hydrogen) atoms. The lowest BCUT2D eigenvalue weighted by atomic mass is 10.1. The lowest BCUT2D eigenvalue weighted by Gasteiger charge is -2.14. The second kappa shape index (κ2) is 7.58. The van der Waals surface area contributed by atoms with E-state index in [4.69, 9.17) is 11.6 Å². The smallest absolute Gasteiger partial charge is 0.319 e. The molecule has 0 atom stereocenters. The Kier molecular flexibility index (Phi) is 5.23. The van der Waals surface area contributed by atoms with E-state index >= 15 is 0 Å². The summed E-state index contributed by atoms with van der Waals surface area (Å²) in [5.41, 5.74) is 2.28. The fraction of sp³-hybridized carbons (Fsp3) is 0.211. The number of anilines is 1. The van der Waals surface area contributed by atoms with Gasteiger partial charge in [-0.2, -0.15) is 0 Å². The first-order chi connectivity index (χ1) is 12.5. The number of hydrogen-bond acceptors (Lipinski definition) is 3. The Morgan fingerprint density at radius 1 is 1.04 bits per heavy atom. The summed E-state index contributed by atoms with van der Waals surface area (Å²) in [5, 5.41) is 6.02. The Morgan fingerprint density at radius 3 is 2.35 bits per heavy atom. The third-order valence-corrected chi connectivity index (χ3v) is 4.65. The molecule has 134 valence electrons. The van der Waals surface area contributed by atoms with Crippen LogP contribution in [0, 0.1) is 6.92 Å².